The summed E-state index contributed by atoms with van der Waals surface area (Å²) in [5, 5.41) is 0. The Hall–Kier alpha value is -1.75. The monoisotopic (exact) mass is 280 g/mol. The van der Waals surface area contributed by atoms with Gasteiger partial charge in [-0.25, -0.2) is 4.79 Å². The third-order valence-electron chi connectivity index (χ3n) is 3.57. The molecule has 0 N–H and O–H groups in total. The van der Waals surface area contributed by atoms with Crippen LogP contribution >= 0.6 is 0 Å². The van der Waals surface area contributed by atoms with Gasteiger partial charge in [0, 0.05) is 7.11 Å². The maximum atomic E-state index is 12.2. The minimum atomic E-state index is -0.361. The normalized spacial score (nSPS) is 21.6. The number of benzene rings is 1. The molecule has 1 fully saturated rings. The first-order valence-corrected chi connectivity index (χ1v) is 6.65. The van der Waals surface area contributed by atoms with E-state index in [0.29, 0.717) is 17.1 Å². The van der Waals surface area contributed by atoms with Crippen molar-refractivity contribution >= 4 is 5.97 Å². The molecule has 2 atom stereocenters. The number of methoxy groups -OCH3 is 3. The van der Waals surface area contributed by atoms with Crippen LogP contribution in [0.1, 0.15) is 29.6 Å². The molecule has 2 rings (SSSR count). The van der Waals surface area contributed by atoms with Crippen LogP contribution in [0, 0.1) is 0 Å². The predicted molar refractivity (Wildman–Crippen MR) is 73.4 cm³/mol. The van der Waals surface area contributed by atoms with Gasteiger partial charge in [0.25, 0.3) is 0 Å². The van der Waals surface area contributed by atoms with E-state index in [1.54, 1.807) is 32.4 Å². The van der Waals surface area contributed by atoms with Gasteiger partial charge in [-0.15, -0.1) is 0 Å². The van der Waals surface area contributed by atoms with Crippen LogP contribution in [0.25, 0.3) is 0 Å². The van der Waals surface area contributed by atoms with Crippen molar-refractivity contribution in [1.29, 1.82) is 0 Å². The molecular weight excluding hydrogens is 260 g/mol. The predicted octanol–water partition coefficient (Wildman–Crippen LogP) is 2.43. The zero-order chi connectivity index (χ0) is 14.5. The summed E-state index contributed by atoms with van der Waals surface area (Å²) < 4.78 is 21.2. The number of carbonyl (C=O) groups is 1. The van der Waals surface area contributed by atoms with Gasteiger partial charge in [-0.05, 0) is 37.5 Å². The van der Waals surface area contributed by atoms with Gasteiger partial charge in [-0.1, -0.05) is 0 Å². The summed E-state index contributed by atoms with van der Waals surface area (Å²) >= 11 is 0. The molecule has 20 heavy (non-hydrogen) atoms. The average Bonchev–Trinajstić information content (AvgIpc) is 2.93. The summed E-state index contributed by atoms with van der Waals surface area (Å²) in [5.74, 6) is 0.733. The molecule has 110 valence electrons. The molecule has 0 saturated heterocycles. The van der Waals surface area contributed by atoms with Gasteiger partial charge in [0.1, 0.15) is 6.10 Å². The number of hydrogen-bond acceptors (Lipinski definition) is 5. The average molecular weight is 280 g/mol. The Morgan fingerprint density at radius 1 is 1.05 bits per heavy atom. The van der Waals surface area contributed by atoms with Crippen LogP contribution in [0.3, 0.4) is 0 Å². The van der Waals surface area contributed by atoms with Crippen molar-refractivity contribution in [2.75, 3.05) is 21.3 Å². The fourth-order valence-electron chi connectivity index (χ4n) is 2.47. The lowest BCUT2D eigenvalue weighted by molar-refractivity contribution is -0.0206. The van der Waals surface area contributed by atoms with Crippen molar-refractivity contribution in [3.63, 3.8) is 0 Å². The topological polar surface area (TPSA) is 54.0 Å². The maximum absolute atomic E-state index is 12.2. The third-order valence-corrected chi connectivity index (χ3v) is 3.57. The highest BCUT2D eigenvalue weighted by Gasteiger charge is 2.30. The smallest absolute Gasteiger partial charge is 0.338 e. The molecule has 0 aliphatic heterocycles. The molecule has 0 radical (unpaired) electrons. The molecule has 0 unspecified atom stereocenters. The summed E-state index contributed by atoms with van der Waals surface area (Å²) in [5.41, 5.74) is 0.449. The van der Waals surface area contributed by atoms with Crippen LogP contribution in [-0.2, 0) is 9.47 Å². The van der Waals surface area contributed by atoms with Crippen molar-refractivity contribution in [2.45, 2.75) is 31.5 Å². The summed E-state index contributed by atoms with van der Waals surface area (Å²) in [4.78, 5) is 12.2. The van der Waals surface area contributed by atoms with E-state index in [2.05, 4.69) is 0 Å². The first kappa shape index (κ1) is 14.7. The van der Waals surface area contributed by atoms with Crippen LogP contribution in [0.4, 0.5) is 0 Å². The molecule has 1 aromatic rings. The number of esters is 1. The molecule has 0 bridgehead atoms. The van der Waals surface area contributed by atoms with Crippen LogP contribution < -0.4 is 9.47 Å². The van der Waals surface area contributed by atoms with Gasteiger partial charge < -0.3 is 18.9 Å². The standard InChI is InChI=1S/C15H20O5/c1-17-11-5-4-6-13(11)20-15(16)10-7-8-12(18-2)14(9-10)19-3/h7-9,11,13H,4-6H2,1-3H3/t11-,13-/m0/s1. The van der Waals surface area contributed by atoms with E-state index in [0.717, 1.165) is 19.3 Å². The van der Waals surface area contributed by atoms with E-state index in [4.69, 9.17) is 18.9 Å². The molecule has 0 spiro atoms. The summed E-state index contributed by atoms with van der Waals surface area (Å²) in [6, 6.07) is 4.98. The second-order valence-corrected chi connectivity index (χ2v) is 4.72. The largest absolute Gasteiger partial charge is 0.493 e. The SMILES string of the molecule is COc1ccc(C(=O)O[C@H]2CCC[C@@H]2OC)cc1OC. The fourth-order valence-corrected chi connectivity index (χ4v) is 2.47. The molecule has 1 aromatic carbocycles. The Morgan fingerprint density at radius 2 is 1.75 bits per heavy atom. The Bertz CT molecular complexity index is 471. The second kappa shape index (κ2) is 6.61. The van der Waals surface area contributed by atoms with Crippen LogP contribution in [0.5, 0.6) is 11.5 Å². The first-order chi connectivity index (χ1) is 9.69. The first-order valence-electron chi connectivity index (χ1n) is 6.65. The van der Waals surface area contributed by atoms with Gasteiger partial charge in [0.05, 0.1) is 25.9 Å². The second-order valence-electron chi connectivity index (χ2n) is 4.72. The third kappa shape index (κ3) is 3.04. The zero-order valence-electron chi connectivity index (χ0n) is 12.0. The maximum Gasteiger partial charge on any atom is 0.338 e. The summed E-state index contributed by atoms with van der Waals surface area (Å²) in [6.07, 6.45) is 2.63. The lowest BCUT2D eigenvalue weighted by Gasteiger charge is -2.19. The Balaban J connectivity index is 2.09. The Kier molecular flexibility index (Phi) is 4.84. The highest BCUT2D eigenvalue weighted by atomic mass is 16.6. The van der Waals surface area contributed by atoms with Crippen LogP contribution in [0.15, 0.2) is 18.2 Å². The highest BCUT2D eigenvalue weighted by molar-refractivity contribution is 5.90. The van der Waals surface area contributed by atoms with E-state index < -0.39 is 0 Å². The van der Waals surface area contributed by atoms with Gasteiger partial charge >= 0.3 is 5.97 Å². The van der Waals surface area contributed by atoms with Crippen molar-refractivity contribution in [1.82, 2.24) is 0 Å². The molecular formula is C15H20O5. The van der Waals surface area contributed by atoms with Crippen LogP contribution in [-0.4, -0.2) is 39.5 Å². The van der Waals surface area contributed by atoms with Gasteiger partial charge in [-0.2, -0.15) is 0 Å². The number of hydrogen-bond donors (Lipinski definition) is 0. The van der Waals surface area contributed by atoms with Gasteiger partial charge in [0.15, 0.2) is 11.5 Å². The lowest BCUT2D eigenvalue weighted by Crippen LogP contribution is -2.27. The molecule has 5 nitrogen and oxygen atoms in total. The highest BCUT2D eigenvalue weighted by Crippen LogP contribution is 2.29. The molecule has 0 aromatic heterocycles. The van der Waals surface area contributed by atoms with Gasteiger partial charge in [-0.3, -0.25) is 0 Å². The lowest BCUT2D eigenvalue weighted by atomic mass is 10.2. The summed E-state index contributed by atoms with van der Waals surface area (Å²) in [7, 11) is 4.73. The van der Waals surface area contributed by atoms with Crippen LogP contribution in [0.2, 0.25) is 0 Å². The molecule has 1 aliphatic carbocycles. The summed E-state index contributed by atoms with van der Waals surface area (Å²) in [6.45, 7) is 0. The number of ether oxygens (including phenoxy) is 4. The molecule has 1 aliphatic rings. The Labute approximate surface area is 118 Å². The van der Waals surface area contributed by atoms with Gasteiger partial charge in [0.2, 0.25) is 0 Å². The van der Waals surface area contributed by atoms with E-state index in [1.807, 2.05) is 0 Å². The van der Waals surface area contributed by atoms with Crippen molar-refractivity contribution < 1.29 is 23.7 Å². The van der Waals surface area contributed by atoms with Crippen molar-refractivity contribution in [3.05, 3.63) is 23.8 Å². The van der Waals surface area contributed by atoms with Crippen molar-refractivity contribution in [3.8, 4) is 11.5 Å². The number of carbonyl (C=O) groups excluding carboxylic acids is 1. The minimum Gasteiger partial charge on any atom is -0.493 e. The quantitative estimate of drug-likeness (QED) is 0.775. The fraction of sp³-hybridized carbons (Fsp3) is 0.533. The molecule has 1 saturated carbocycles. The Morgan fingerprint density at radius 3 is 2.40 bits per heavy atom. The zero-order valence-corrected chi connectivity index (χ0v) is 12.0. The molecule has 0 heterocycles. The van der Waals surface area contributed by atoms with Crippen molar-refractivity contribution in [2.24, 2.45) is 0 Å². The molecule has 0 amide bonds. The van der Waals surface area contributed by atoms with E-state index in [1.165, 1.54) is 7.11 Å². The van der Waals surface area contributed by atoms with E-state index >= 15 is 0 Å². The molecule has 5 heteroatoms. The van der Waals surface area contributed by atoms with E-state index in [-0.39, 0.29) is 18.2 Å². The minimum absolute atomic E-state index is 0.000839. The number of rotatable bonds is 5. The van der Waals surface area contributed by atoms with E-state index in [9.17, 15) is 4.79 Å².